The van der Waals surface area contributed by atoms with E-state index in [1.165, 1.54) is 10.7 Å². The lowest BCUT2D eigenvalue weighted by Crippen LogP contribution is -2.38. The molecule has 6 nitrogen and oxygen atoms in total. The van der Waals surface area contributed by atoms with Crippen LogP contribution >= 0.6 is 11.3 Å². The van der Waals surface area contributed by atoms with E-state index in [4.69, 9.17) is 0 Å². The lowest BCUT2D eigenvalue weighted by atomic mass is 9.96. The van der Waals surface area contributed by atoms with E-state index in [1.807, 2.05) is 12.3 Å². The molecular weight excluding hydrogens is 394 g/mol. The van der Waals surface area contributed by atoms with Crippen LogP contribution in [0, 0.1) is 0 Å². The van der Waals surface area contributed by atoms with Gasteiger partial charge in [-0.2, -0.15) is 4.31 Å². The van der Waals surface area contributed by atoms with Crippen LogP contribution in [0.3, 0.4) is 0 Å². The zero-order valence-electron chi connectivity index (χ0n) is 16.3. The largest absolute Gasteiger partial charge is 0.326 e. The topological polar surface area (TPSA) is 79.4 Å². The number of aryl methyl sites for hydroxylation is 1. The monoisotopic (exact) mass is 421 g/mol. The molecule has 1 N–H and O–H groups in total. The highest BCUT2D eigenvalue weighted by Gasteiger charge is 2.28. The Bertz CT molecular complexity index is 901. The van der Waals surface area contributed by atoms with Crippen LogP contribution in [0.5, 0.6) is 0 Å². The second-order valence-corrected chi connectivity index (χ2v) is 10.1. The van der Waals surface area contributed by atoms with Gasteiger partial charge in [0.05, 0.1) is 22.0 Å². The molecule has 1 heterocycles. The number of sulfonamides is 1. The molecule has 28 heavy (non-hydrogen) atoms. The van der Waals surface area contributed by atoms with Crippen LogP contribution in [-0.2, 0) is 27.7 Å². The van der Waals surface area contributed by atoms with Crippen LogP contribution in [0.2, 0.25) is 0 Å². The number of aromatic nitrogens is 1. The molecule has 1 amide bonds. The van der Waals surface area contributed by atoms with Gasteiger partial charge in [-0.1, -0.05) is 26.2 Å². The van der Waals surface area contributed by atoms with Crippen molar-refractivity contribution in [1.82, 2.24) is 9.29 Å². The number of hydrogen-bond donors (Lipinski definition) is 1. The molecule has 8 heteroatoms. The van der Waals surface area contributed by atoms with Crippen LogP contribution in [0.25, 0.3) is 0 Å². The van der Waals surface area contributed by atoms with Crippen LogP contribution in [-0.4, -0.2) is 36.7 Å². The summed E-state index contributed by atoms with van der Waals surface area (Å²) >= 11 is 1.55. The third-order valence-corrected chi connectivity index (χ3v) is 8.11. The molecule has 0 spiro atoms. The molecule has 1 fully saturated rings. The van der Waals surface area contributed by atoms with Gasteiger partial charge in [0.15, 0.2) is 0 Å². The first-order chi connectivity index (χ1) is 13.4. The summed E-state index contributed by atoms with van der Waals surface area (Å²) in [5.41, 5.74) is 1.34. The van der Waals surface area contributed by atoms with Gasteiger partial charge in [0, 0.05) is 24.2 Å². The molecule has 0 radical (unpaired) electrons. The maximum atomic E-state index is 12.9. The van der Waals surface area contributed by atoms with Crippen molar-refractivity contribution in [3.05, 3.63) is 40.3 Å². The molecule has 1 aliphatic carbocycles. The smallest absolute Gasteiger partial charge is 0.243 e. The normalized spacial score (nSPS) is 15.7. The van der Waals surface area contributed by atoms with E-state index < -0.39 is 10.0 Å². The highest BCUT2D eigenvalue weighted by atomic mass is 32.2. The van der Waals surface area contributed by atoms with Crippen molar-refractivity contribution in [3.63, 3.8) is 0 Å². The Morgan fingerprint density at radius 3 is 2.50 bits per heavy atom. The number of nitrogens with one attached hydrogen (secondary N) is 1. The number of nitrogens with zero attached hydrogens (tertiary/aromatic N) is 2. The van der Waals surface area contributed by atoms with Gasteiger partial charge in [0.2, 0.25) is 15.9 Å². The summed E-state index contributed by atoms with van der Waals surface area (Å²) in [7, 11) is -1.85. The molecule has 0 bridgehead atoms. The van der Waals surface area contributed by atoms with Gasteiger partial charge in [-0.05, 0) is 43.5 Å². The maximum Gasteiger partial charge on any atom is 0.243 e. The zero-order chi connectivity index (χ0) is 20.1. The Hall–Kier alpha value is -1.77. The third kappa shape index (κ3) is 4.98. The Kier molecular flexibility index (Phi) is 6.85. The summed E-state index contributed by atoms with van der Waals surface area (Å²) < 4.78 is 27.2. The molecule has 0 aliphatic heterocycles. The molecule has 1 aromatic heterocycles. The highest BCUT2D eigenvalue weighted by Crippen LogP contribution is 2.27. The van der Waals surface area contributed by atoms with E-state index in [0.29, 0.717) is 5.69 Å². The molecule has 152 valence electrons. The van der Waals surface area contributed by atoms with Crippen LogP contribution in [0.1, 0.15) is 49.7 Å². The van der Waals surface area contributed by atoms with E-state index >= 15 is 0 Å². The van der Waals surface area contributed by atoms with Crippen molar-refractivity contribution in [2.45, 2.75) is 62.8 Å². The third-order valence-electron chi connectivity index (χ3n) is 5.15. The molecule has 1 aliphatic rings. The second kappa shape index (κ2) is 9.15. The summed E-state index contributed by atoms with van der Waals surface area (Å²) in [5, 5.41) is 5.72. The second-order valence-electron chi connectivity index (χ2n) is 7.15. The number of anilines is 1. The number of carbonyl (C=O) groups is 1. The minimum Gasteiger partial charge on any atom is -0.326 e. The van der Waals surface area contributed by atoms with Gasteiger partial charge in [-0.25, -0.2) is 13.4 Å². The SMILES string of the molecule is CCc1nc(CC(=O)Nc2ccc(S(=O)(=O)N(C)C3CCCCC3)cc2)cs1. The Morgan fingerprint density at radius 2 is 1.89 bits per heavy atom. The minimum atomic E-state index is -3.52. The van der Waals surface area contributed by atoms with E-state index in [0.717, 1.165) is 42.8 Å². The lowest BCUT2D eigenvalue weighted by Gasteiger charge is -2.30. The first-order valence-electron chi connectivity index (χ1n) is 9.71. The molecule has 1 aromatic carbocycles. The Morgan fingerprint density at radius 1 is 1.21 bits per heavy atom. The van der Waals surface area contributed by atoms with Crippen molar-refractivity contribution in [1.29, 1.82) is 0 Å². The molecule has 1 saturated carbocycles. The van der Waals surface area contributed by atoms with Crippen LogP contribution in [0.15, 0.2) is 34.5 Å². The number of rotatable bonds is 7. The summed E-state index contributed by atoms with van der Waals surface area (Å²) in [5.74, 6) is -0.164. The Labute approximate surface area is 171 Å². The van der Waals surface area contributed by atoms with Crippen molar-refractivity contribution in [3.8, 4) is 0 Å². The van der Waals surface area contributed by atoms with Gasteiger partial charge >= 0.3 is 0 Å². The number of thiazole rings is 1. The number of amides is 1. The first kappa shape index (κ1) is 21.0. The van der Waals surface area contributed by atoms with Crippen LogP contribution < -0.4 is 5.32 Å². The molecule has 0 atom stereocenters. The average molecular weight is 422 g/mol. The fraction of sp³-hybridized carbons (Fsp3) is 0.500. The van der Waals surface area contributed by atoms with Crippen molar-refractivity contribution < 1.29 is 13.2 Å². The van der Waals surface area contributed by atoms with Crippen molar-refractivity contribution in [2.24, 2.45) is 0 Å². The highest BCUT2D eigenvalue weighted by molar-refractivity contribution is 7.89. The summed E-state index contributed by atoms with van der Waals surface area (Å²) in [4.78, 5) is 16.9. The fourth-order valence-corrected chi connectivity index (χ4v) is 5.64. The summed E-state index contributed by atoms with van der Waals surface area (Å²) in [6, 6.07) is 6.46. The van der Waals surface area contributed by atoms with Gasteiger partial charge in [-0.15, -0.1) is 11.3 Å². The zero-order valence-corrected chi connectivity index (χ0v) is 18.0. The van der Waals surface area contributed by atoms with Gasteiger partial charge in [-0.3, -0.25) is 4.79 Å². The standard InChI is InChI=1S/C20H27N3O3S2/c1-3-20-22-16(14-27-20)13-19(24)21-15-9-11-18(12-10-15)28(25,26)23(2)17-7-5-4-6-8-17/h9-12,14,17H,3-8,13H2,1-2H3,(H,21,24). The van der Waals surface area contributed by atoms with Gasteiger partial charge < -0.3 is 5.32 Å². The predicted octanol–water partition coefficient (Wildman–Crippen LogP) is 3.84. The first-order valence-corrected chi connectivity index (χ1v) is 12.0. The van der Waals surface area contributed by atoms with Gasteiger partial charge in [0.25, 0.3) is 0 Å². The maximum absolute atomic E-state index is 12.9. The molecule has 0 saturated heterocycles. The van der Waals surface area contributed by atoms with E-state index in [1.54, 1.807) is 42.6 Å². The van der Waals surface area contributed by atoms with E-state index in [2.05, 4.69) is 10.3 Å². The van der Waals surface area contributed by atoms with Crippen molar-refractivity contribution in [2.75, 3.05) is 12.4 Å². The fourth-order valence-electron chi connectivity index (χ4n) is 3.48. The minimum absolute atomic E-state index is 0.0734. The molecule has 0 unspecified atom stereocenters. The predicted molar refractivity (Wildman–Crippen MR) is 112 cm³/mol. The van der Waals surface area contributed by atoms with Gasteiger partial charge in [0.1, 0.15) is 0 Å². The number of benzene rings is 1. The molecule has 2 aromatic rings. The number of hydrogen-bond acceptors (Lipinski definition) is 5. The summed E-state index contributed by atoms with van der Waals surface area (Å²) in [6.07, 6.45) is 6.24. The average Bonchev–Trinajstić information content (AvgIpc) is 3.15. The van der Waals surface area contributed by atoms with Crippen LogP contribution in [0.4, 0.5) is 5.69 Å². The quantitative estimate of drug-likeness (QED) is 0.737. The summed E-state index contributed by atoms with van der Waals surface area (Å²) in [6.45, 7) is 2.03. The number of carbonyl (C=O) groups excluding carboxylic acids is 1. The van der Waals surface area contributed by atoms with Crippen molar-refractivity contribution >= 4 is 33.0 Å². The molecule has 3 rings (SSSR count). The molecular formula is C20H27N3O3S2. The van der Waals surface area contributed by atoms with E-state index in [-0.39, 0.29) is 23.3 Å². The van der Waals surface area contributed by atoms with E-state index in [9.17, 15) is 13.2 Å². The Balaban J connectivity index is 1.62. The lowest BCUT2D eigenvalue weighted by molar-refractivity contribution is -0.115.